The highest BCUT2D eigenvalue weighted by Gasteiger charge is 2.07. The maximum atomic E-state index is 12.1. The van der Waals surface area contributed by atoms with Crippen LogP contribution < -0.4 is 15.6 Å². The van der Waals surface area contributed by atoms with E-state index in [4.69, 9.17) is 9.47 Å². The Morgan fingerprint density at radius 3 is 2.64 bits per heavy atom. The predicted octanol–water partition coefficient (Wildman–Crippen LogP) is 1.68. The maximum Gasteiger partial charge on any atom is 0.279 e. The Kier molecular flexibility index (Phi) is 5.91. The van der Waals surface area contributed by atoms with Gasteiger partial charge < -0.3 is 14.8 Å². The van der Waals surface area contributed by atoms with Crippen molar-refractivity contribution in [2.75, 3.05) is 32.2 Å². The molecule has 0 radical (unpaired) electrons. The van der Waals surface area contributed by atoms with Crippen LogP contribution in [0.2, 0.25) is 0 Å². The fourth-order valence-electron chi connectivity index (χ4n) is 1.88. The predicted molar refractivity (Wildman–Crippen MR) is 84.2 cm³/mol. The van der Waals surface area contributed by atoms with Crippen molar-refractivity contribution in [2.45, 2.75) is 13.3 Å². The van der Waals surface area contributed by atoms with Crippen LogP contribution in [-0.4, -0.2) is 42.0 Å². The Morgan fingerprint density at radius 1 is 1.23 bits per heavy atom. The number of nitrogens with zero attached hydrogens (tertiary/aromatic N) is 2. The number of ether oxygens (including phenoxy) is 2. The molecule has 1 aromatic carbocycles. The summed E-state index contributed by atoms with van der Waals surface area (Å²) < 4.78 is 10.3. The standard InChI is InChI=1S/C15H20N4O3/c1-3-22-10-4-9-16-15-17-14(20)13(18-19-15)11-5-7-12(21-2)8-6-11/h5-8H,3-4,9-10H2,1-2H3,(H2,16,17,19,20). The lowest BCUT2D eigenvalue weighted by molar-refractivity contribution is 0.147. The molecule has 0 aliphatic rings. The zero-order chi connectivity index (χ0) is 15.8. The van der Waals surface area contributed by atoms with Crippen molar-refractivity contribution in [2.24, 2.45) is 0 Å². The van der Waals surface area contributed by atoms with Crippen molar-refractivity contribution in [3.8, 4) is 17.0 Å². The Balaban J connectivity index is 2.01. The monoisotopic (exact) mass is 304 g/mol. The van der Waals surface area contributed by atoms with Crippen LogP contribution in [0.1, 0.15) is 13.3 Å². The number of aromatic amines is 1. The SMILES string of the molecule is CCOCCCNc1nnc(-c2ccc(OC)cc2)c(=O)[nH]1. The molecule has 0 saturated carbocycles. The zero-order valence-corrected chi connectivity index (χ0v) is 12.8. The third-order valence-corrected chi connectivity index (χ3v) is 3.02. The number of aromatic nitrogens is 3. The van der Waals surface area contributed by atoms with Crippen molar-refractivity contribution < 1.29 is 9.47 Å². The number of rotatable bonds is 8. The van der Waals surface area contributed by atoms with Gasteiger partial charge in [0.2, 0.25) is 5.95 Å². The summed E-state index contributed by atoms with van der Waals surface area (Å²) in [6.07, 6.45) is 0.831. The van der Waals surface area contributed by atoms with Gasteiger partial charge in [0.05, 0.1) is 7.11 Å². The average Bonchev–Trinajstić information content (AvgIpc) is 2.55. The van der Waals surface area contributed by atoms with E-state index in [-0.39, 0.29) is 11.3 Å². The van der Waals surface area contributed by atoms with E-state index in [0.717, 1.165) is 12.2 Å². The molecule has 0 unspecified atom stereocenters. The molecule has 2 N–H and O–H groups in total. The molecule has 0 aliphatic carbocycles. The van der Waals surface area contributed by atoms with E-state index >= 15 is 0 Å². The minimum Gasteiger partial charge on any atom is -0.497 e. The van der Waals surface area contributed by atoms with Gasteiger partial charge in [-0.1, -0.05) is 0 Å². The van der Waals surface area contributed by atoms with Gasteiger partial charge in [-0.3, -0.25) is 9.78 Å². The summed E-state index contributed by atoms with van der Waals surface area (Å²) in [6.45, 7) is 3.99. The van der Waals surface area contributed by atoms with Crippen molar-refractivity contribution >= 4 is 5.95 Å². The lowest BCUT2D eigenvalue weighted by Gasteiger charge is -2.06. The summed E-state index contributed by atoms with van der Waals surface area (Å²) >= 11 is 0. The molecule has 0 atom stereocenters. The first-order valence-corrected chi connectivity index (χ1v) is 7.17. The van der Waals surface area contributed by atoms with Crippen LogP contribution in [0.4, 0.5) is 5.95 Å². The second kappa shape index (κ2) is 8.14. The molecular weight excluding hydrogens is 284 g/mol. The largest absolute Gasteiger partial charge is 0.497 e. The number of hydrogen-bond acceptors (Lipinski definition) is 6. The highest BCUT2D eigenvalue weighted by Crippen LogP contribution is 2.17. The van der Waals surface area contributed by atoms with Crippen molar-refractivity contribution in [1.82, 2.24) is 15.2 Å². The van der Waals surface area contributed by atoms with Gasteiger partial charge in [0.1, 0.15) is 5.75 Å². The van der Waals surface area contributed by atoms with E-state index < -0.39 is 0 Å². The summed E-state index contributed by atoms with van der Waals surface area (Å²) in [6, 6.07) is 7.09. The summed E-state index contributed by atoms with van der Waals surface area (Å²) in [5, 5.41) is 11.0. The molecule has 7 nitrogen and oxygen atoms in total. The first-order chi connectivity index (χ1) is 10.7. The first-order valence-electron chi connectivity index (χ1n) is 7.17. The molecule has 0 saturated heterocycles. The lowest BCUT2D eigenvalue weighted by atomic mass is 10.1. The quantitative estimate of drug-likeness (QED) is 0.721. The summed E-state index contributed by atoms with van der Waals surface area (Å²) in [5.74, 6) is 1.08. The molecule has 2 aromatic rings. The summed E-state index contributed by atoms with van der Waals surface area (Å²) in [7, 11) is 1.59. The van der Waals surface area contributed by atoms with Crippen molar-refractivity contribution in [1.29, 1.82) is 0 Å². The molecule has 1 aromatic heterocycles. The molecule has 118 valence electrons. The molecule has 0 spiro atoms. The van der Waals surface area contributed by atoms with Crippen LogP contribution in [0.3, 0.4) is 0 Å². The molecule has 22 heavy (non-hydrogen) atoms. The van der Waals surface area contributed by atoms with Gasteiger partial charge in [-0.2, -0.15) is 0 Å². The molecular formula is C15H20N4O3. The summed E-state index contributed by atoms with van der Waals surface area (Å²) in [4.78, 5) is 14.8. The number of hydrogen-bond donors (Lipinski definition) is 2. The Bertz CT molecular complexity index is 640. The van der Waals surface area contributed by atoms with Gasteiger partial charge in [-0.05, 0) is 37.6 Å². The second-order valence-electron chi connectivity index (χ2n) is 4.56. The van der Waals surface area contributed by atoms with Gasteiger partial charge in [0.15, 0.2) is 5.69 Å². The fourth-order valence-corrected chi connectivity index (χ4v) is 1.88. The fraction of sp³-hybridized carbons (Fsp3) is 0.400. The topological polar surface area (TPSA) is 89.1 Å². The van der Waals surface area contributed by atoms with Crippen LogP contribution in [-0.2, 0) is 4.74 Å². The van der Waals surface area contributed by atoms with E-state index in [1.807, 2.05) is 6.92 Å². The van der Waals surface area contributed by atoms with Gasteiger partial charge >= 0.3 is 0 Å². The van der Waals surface area contributed by atoms with Gasteiger partial charge in [-0.15, -0.1) is 10.2 Å². The van der Waals surface area contributed by atoms with Crippen molar-refractivity contribution in [3.63, 3.8) is 0 Å². The van der Waals surface area contributed by atoms with Crippen LogP contribution >= 0.6 is 0 Å². The molecule has 2 rings (SSSR count). The van der Waals surface area contributed by atoms with Gasteiger partial charge in [-0.25, -0.2) is 0 Å². The van der Waals surface area contributed by atoms with Crippen LogP contribution in [0.25, 0.3) is 11.3 Å². The minimum atomic E-state index is -0.285. The average molecular weight is 304 g/mol. The molecule has 0 aliphatic heterocycles. The van der Waals surface area contributed by atoms with E-state index in [1.165, 1.54) is 0 Å². The summed E-state index contributed by atoms with van der Waals surface area (Å²) in [5.41, 5.74) is 0.687. The van der Waals surface area contributed by atoms with Gasteiger partial charge in [0, 0.05) is 25.3 Å². The maximum absolute atomic E-state index is 12.1. The Morgan fingerprint density at radius 2 is 2.00 bits per heavy atom. The molecule has 0 fully saturated rings. The Labute approximate surface area is 128 Å². The number of H-pyrrole nitrogens is 1. The minimum absolute atomic E-state index is 0.280. The van der Waals surface area contributed by atoms with E-state index in [2.05, 4.69) is 20.5 Å². The lowest BCUT2D eigenvalue weighted by Crippen LogP contribution is -2.18. The smallest absolute Gasteiger partial charge is 0.279 e. The van der Waals surface area contributed by atoms with E-state index in [0.29, 0.717) is 31.3 Å². The first kappa shape index (κ1) is 16.0. The number of anilines is 1. The van der Waals surface area contributed by atoms with Crippen LogP contribution in [0.15, 0.2) is 29.1 Å². The van der Waals surface area contributed by atoms with Crippen LogP contribution in [0, 0.1) is 0 Å². The number of nitrogens with one attached hydrogen (secondary N) is 2. The third-order valence-electron chi connectivity index (χ3n) is 3.02. The molecule has 1 heterocycles. The van der Waals surface area contributed by atoms with E-state index in [9.17, 15) is 4.79 Å². The Hall–Kier alpha value is -2.41. The highest BCUT2D eigenvalue weighted by atomic mass is 16.5. The molecule has 7 heteroatoms. The number of methoxy groups -OCH3 is 1. The molecule has 0 amide bonds. The van der Waals surface area contributed by atoms with E-state index in [1.54, 1.807) is 31.4 Å². The van der Waals surface area contributed by atoms with Crippen molar-refractivity contribution in [3.05, 3.63) is 34.6 Å². The number of benzene rings is 1. The highest BCUT2D eigenvalue weighted by molar-refractivity contribution is 5.58. The van der Waals surface area contributed by atoms with Gasteiger partial charge in [0.25, 0.3) is 5.56 Å². The second-order valence-corrected chi connectivity index (χ2v) is 4.56. The normalized spacial score (nSPS) is 10.5. The molecule has 0 bridgehead atoms. The van der Waals surface area contributed by atoms with Crippen LogP contribution in [0.5, 0.6) is 5.75 Å². The third kappa shape index (κ3) is 4.29. The zero-order valence-electron chi connectivity index (χ0n) is 12.8.